The van der Waals surface area contributed by atoms with Gasteiger partial charge in [0.2, 0.25) is 0 Å². The molecule has 3 unspecified atom stereocenters. The summed E-state index contributed by atoms with van der Waals surface area (Å²) in [6.07, 6.45) is 6.28. The second-order valence-corrected chi connectivity index (χ2v) is 9.85. The molecule has 1 aromatic carbocycles. The largest absolute Gasteiger partial charge is 0.493 e. The van der Waals surface area contributed by atoms with E-state index >= 15 is 0 Å². The van der Waals surface area contributed by atoms with Crippen LogP contribution in [0.15, 0.2) is 30.4 Å². The number of rotatable bonds is 14. The summed E-state index contributed by atoms with van der Waals surface area (Å²) in [4.78, 5) is 24.5. The highest BCUT2D eigenvalue weighted by molar-refractivity contribution is 7.98. The fourth-order valence-electron chi connectivity index (χ4n) is 3.06. The third-order valence-corrected chi connectivity index (χ3v) is 6.29. The standard InChI is InChI=1S/C24H38N2O4S2/c1-15(2)17(6-7-18(25)14-31)13-30-19-8-9-20(16(3)4)21(12-19)23(27)26-22(24(28)29)10-11-32-5/h6-9,12,15-18,22,31H,10-11,13-14,25H2,1-5H3,(H,26,27)(H,28,29)/b7-6+. The van der Waals surface area contributed by atoms with Gasteiger partial charge in [0.1, 0.15) is 11.8 Å². The fraction of sp³-hybridized carbons (Fsp3) is 0.583. The quantitative estimate of drug-likeness (QED) is 0.234. The molecule has 1 amide bonds. The van der Waals surface area contributed by atoms with Gasteiger partial charge in [-0.25, -0.2) is 4.79 Å². The van der Waals surface area contributed by atoms with E-state index < -0.39 is 17.9 Å². The number of carbonyl (C=O) groups excluding carboxylic acids is 1. The molecule has 6 nitrogen and oxygen atoms in total. The van der Waals surface area contributed by atoms with Crippen molar-refractivity contribution in [1.29, 1.82) is 0 Å². The molecule has 1 aromatic rings. The minimum Gasteiger partial charge on any atom is -0.493 e. The summed E-state index contributed by atoms with van der Waals surface area (Å²) in [5.41, 5.74) is 7.22. The molecule has 0 aromatic heterocycles. The molecule has 0 aliphatic carbocycles. The molecule has 0 radical (unpaired) electrons. The SMILES string of the molecule is CSCCC(NC(=O)c1cc(OCC(/C=C/C(N)CS)C(C)C)ccc1C(C)C)C(=O)O. The van der Waals surface area contributed by atoms with E-state index in [1.807, 2.05) is 38.3 Å². The minimum atomic E-state index is -1.03. The number of nitrogens with two attached hydrogens (primary N) is 1. The topological polar surface area (TPSA) is 102 Å². The van der Waals surface area contributed by atoms with E-state index in [1.165, 1.54) is 0 Å². The van der Waals surface area contributed by atoms with Gasteiger partial charge in [0.15, 0.2) is 0 Å². The van der Waals surface area contributed by atoms with Crippen LogP contribution in [0.4, 0.5) is 0 Å². The zero-order chi connectivity index (χ0) is 24.3. The Labute approximate surface area is 202 Å². The van der Waals surface area contributed by atoms with Crippen LogP contribution in [0.25, 0.3) is 0 Å². The van der Waals surface area contributed by atoms with Gasteiger partial charge in [-0.1, -0.05) is 45.9 Å². The summed E-state index contributed by atoms with van der Waals surface area (Å²) in [6, 6.07) is 4.41. The van der Waals surface area contributed by atoms with E-state index in [-0.39, 0.29) is 17.9 Å². The maximum Gasteiger partial charge on any atom is 0.326 e. The molecule has 8 heteroatoms. The number of hydrogen-bond acceptors (Lipinski definition) is 6. The van der Waals surface area contributed by atoms with Crippen molar-refractivity contribution in [3.05, 3.63) is 41.5 Å². The second kappa shape index (κ2) is 14.5. The normalized spacial score (nSPS) is 14.5. The third-order valence-electron chi connectivity index (χ3n) is 5.22. The van der Waals surface area contributed by atoms with Crippen molar-refractivity contribution in [3.8, 4) is 5.75 Å². The lowest BCUT2D eigenvalue weighted by molar-refractivity contribution is -0.139. The van der Waals surface area contributed by atoms with Gasteiger partial charge in [0, 0.05) is 23.3 Å². The number of hydrogen-bond donors (Lipinski definition) is 4. The van der Waals surface area contributed by atoms with Crippen LogP contribution in [-0.4, -0.2) is 53.4 Å². The third kappa shape index (κ3) is 9.46. The number of carboxylic acids is 1. The van der Waals surface area contributed by atoms with E-state index in [0.717, 1.165) is 5.56 Å². The number of benzene rings is 1. The molecular formula is C24H38N2O4S2. The van der Waals surface area contributed by atoms with E-state index in [4.69, 9.17) is 10.5 Å². The Bertz CT molecular complexity index is 768. The number of nitrogens with one attached hydrogen (secondary N) is 1. The summed E-state index contributed by atoms with van der Waals surface area (Å²) in [5, 5.41) is 12.1. The first-order chi connectivity index (χ1) is 15.1. The lowest BCUT2D eigenvalue weighted by Gasteiger charge is -2.20. The number of thioether (sulfide) groups is 1. The van der Waals surface area contributed by atoms with E-state index in [9.17, 15) is 14.7 Å². The highest BCUT2D eigenvalue weighted by Gasteiger charge is 2.23. The fourth-order valence-corrected chi connectivity index (χ4v) is 3.66. The molecule has 0 saturated carbocycles. The zero-order valence-electron chi connectivity index (χ0n) is 19.7. The first-order valence-electron chi connectivity index (χ1n) is 10.9. The van der Waals surface area contributed by atoms with Gasteiger partial charge in [0.25, 0.3) is 5.91 Å². The van der Waals surface area contributed by atoms with Gasteiger partial charge in [-0.15, -0.1) is 0 Å². The highest BCUT2D eigenvalue weighted by atomic mass is 32.2. The molecule has 0 spiro atoms. The molecule has 0 aliphatic rings. The summed E-state index contributed by atoms with van der Waals surface area (Å²) in [7, 11) is 0. The molecule has 0 saturated heterocycles. The van der Waals surface area contributed by atoms with E-state index in [2.05, 4.69) is 37.9 Å². The lowest BCUT2D eigenvalue weighted by atomic mass is 9.95. The van der Waals surface area contributed by atoms with Crippen LogP contribution in [0.1, 0.15) is 56.0 Å². The van der Waals surface area contributed by atoms with Gasteiger partial charge in [-0.05, 0) is 48.0 Å². The predicted octanol–water partition coefficient (Wildman–Crippen LogP) is 4.21. The molecule has 0 aliphatic heterocycles. The minimum absolute atomic E-state index is 0.103. The predicted molar refractivity (Wildman–Crippen MR) is 137 cm³/mol. The van der Waals surface area contributed by atoms with Crippen molar-refractivity contribution < 1.29 is 19.4 Å². The van der Waals surface area contributed by atoms with Crippen LogP contribution in [-0.2, 0) is 4.79 Å². The Morgan fingerprint density at radius 1 is 1.25 bits per heavy atom. The van der Waals surface area contributed by atoms with Crippen molar-refractivity contribution in [3.63, 3.8) is 0 Å². The summed E-state index contributed by atoms with van der Waals surface area (Å²) in [5.74, 6) is 0.991. The average molecular weight is 483 g/mol. The lowest BCUT2D eigenvalue weighted by Crippen LogP contribution is -2.41. The molecule has 0 fully saturated rings. The zero-order valence-corrected chi connectivity index (χ0v) is 21.4. The Morgan fingerprint density at radius 3 is 2.47 bits per heavy atom. The summed E-state index contributed by atoms with van der Waals surface area (Å²) >= 11 is 5.75. The average Bonchev–Trinajstić information content (AvgIpc) is 2.75. The van der Waals surface area contributed by atoms with Gasteiger partial charge in [0.05, 0.1) is 6.61 Å². The summed E-state index contributed by atoms with van der Waals surface area (Å²) < 4.78 is 6.03. The molecule has 0 heterocycles. The second-order valence-electron chi connectivity index (χ2n) is 8.50. The molecule has 4 N–H and O–H groups in total. The molecular weight excluding hydrogens is 444 g/mol. The van der Waals surface area contributed by atoms with Crippen LogP contribution in [0.3, 0.4) is 0 Å². The first-order valence-corrected chi connectivity index (χ1v) is 13.0. The highest BCUT2D eigenvalue weighted by Crippen LogP contribution is 2.26. The Hall–Kier alpha value is -1.64. The van der Waals surface area contributed by atoms with Gasteiger partial charge in [-0.2, -0.15) is 24.4 Å². The van der Waals surface area contributed by atoms with Crippen LogP contribution < -0.4 is 15.8 Å². The van der Waals surface area contributed by atoms with E-state index in [0.29, 0.717) is 41.8 Å². The van der Waals surface area contributed by atoms with Gasteiger partial charge < -0.3 is 20.9 Å². The maximum absolute atomic E-state index is 13.0. The first kappa shape index (κ1) is 28.4. The molecule has 0 bridgehead atoms. The number of thiol groups is 1. The molecule has 180 valence electrons. The molecule has 3 atom stereocenters. The van der Waals surface area contributed by atoms with Gasteiger partial charge >= 0.3 is 5.97 Å². The Kier molecular flexibility index (Phi) is 12.9. The number of aliphatic carboxylic acids is 1. The maximum atomic E-state index is 13.0. The van der Waals surface area contributed by atoms with Crippen LogP contribution in [0, 0.1) is 11.8 Å². The van der Waals surface area contributed by atoms with E-state index in [1.54, 1.807) is 17.8 Å². The Balaban J connectivity index is 3.04. The number of carbonyl (C=O) groups is 2. The van der Waals surface area contributed by atoms with Crippen molar-refractivity contribution >= 4 is 36.3 Å². The number of ether oxygens (including phenoxy) is 1. The number of amides is 1. The van der Waals surface area contributed by atoms with Crippen molar-refractivity contribution in [2.24, 2.45) is 17.6 Å². The van der Waals surface area contributed by atoms with Crippen LogP contribution in [0.5, 0.6) is 5.75 Å². The molecule has 1 rings (SSSR count). The monoisotopic (exact) mass is 482 g/mol. The van der Waals surface area contributed by atoms with Crippen molar-refractivity contribution in [1.82, 2.24) is 5.32 Å². The van der Waals surface area contributed by atoms with Crippen molar-refractivity contribution in [2.75, 3.05) is 24.4 Å². The van der Waals surface area contributed by atoms with Crippen LogP contribution in [0.2, 0.25) is 0 Å². The smallest absolute Gasteiger partial charge is 0.326 e. The van der Waals surface area contributed by atoms with Gasteiger partial charge in [-0.3, -0.25) is 4.79 Å². The Morgan fingerprint density at radius 2 is 1.94 bits per heavy atom. The molecule has 32 heavy (non-hydrogen) atoms. The van der Waals surface area contributed by atoms with Crippen molar-refractivity contribution in [2.45, 2.75) is 52.1 Å². The number of carboxylic acid groups (broad SMARTS) is 1. The summed E-state index contributed by atoms with van der Waals surface area (Å²) in [6.45, 7) is 8.68. The van der Waals surface area contributed by atoms with Crippen LogP contribution >= 0.6 is 24.4 Å².